The molecule has 0 bridgehead atoms. The number of fused-ring (bicyclic) bond motifs is 2. The van der Waals surface area contributed by atoms with Crippen LogP contribution >= 0.6 is 0 Å². The quantitative estimate of drug-likeness (QED) is 0.135. The van der Waals surface area contributed by atoms with Gasteiger partial charge in [0.15, 0.2) is 0 Å². The smallest absolute Gasteiger partial charge is 0.410 e. The van der Waals surface area contributed by atoms with E-state index in [2.05, 4.69) is 74.0 Å². The maximum Gasteiger partial charge on any atom is 0.410 e. The number of rotatable bonds is 9. The van der Waals surface area contributed by atoms with Gasteiger partial charge in [0.2, 0.25) is 8.32 Å². The van der Waals surface area contributed by atoms with Crippen LogP contribution in [0.5, 0.6) is 5.75 Å². The zero-order chi connectivity index (χ0) is 49.7. The number of benzene rings is 3. The topological polar surface area (TPSA) is 116 Å². The summed E-state index contributed by atoms with van der Waals surface area (Å²) >= 11 is 0. The van der Waals surface area contributed by atoms with Gasteiger partial charge in [0, 0.05) is 80.2 Å². The molecule has 1 saturated heterocycles. The molecule has 8 rings (SSSR count). The fraction of sp³-hybridized carbons (Fsp3) is 0.464. The van der Waals surface area contributed by atoms with Gasteiger partial charge in [-0.2, -0.15) is 5.26 Å². The minimum Gasteiger partial charge on any atom is -0.544 e. The third-order valence-electron chi connectivity index (χ3n) is 15.2. The first-order valence-electron chi connectivity index (χ1n) is 24.7. The second-order valence-corrected chi connectivity index (χ2v) is 26.7. The van der Waals surface area contributed by atoms with Crippen molar-refractivity contribution in [1.82, 2.24) is 23.8 Å². The van der Waals surface area contributed by atoms with E-state index in [9.17, 15) is 10.1 Å². The number of ether oxygens (including phenoxy) is 1. The van der Waals surface area contributed by atoms with Crippen LogP contribution in [0.25, 0.3) is 11.3 Å². The fourth-order valence-electron chi connectivity index (χ4n) is 9.85. The lowest BCUT2D eigenvalue weighted by molar-refractivity contribution is 0.0224. The molecule has 0 radical (unpaired) electrons. The summed E-state index contributed by atoms with van der Waals surface area (Å²) in [7, 11) is 1.64. The normalized spacial score (nSPS) is 16.7. The third kappa shape index (κ3) is 10.0. The molecule has 13 heteroatoms. The van der Waals surface area contributed by atoms with Crippen molar-refractivity contribution in [2.45, 2.75) is 130 Å². The average molecular weight is 950 g/mol. The van der Waals surface area contributed by atoms with Crippen LogP contribution in [0.3, 0.4) is 0 Å². The molecule has 12 nitrogen and oxygen atoms in total. The first-order valence-corrected chi connectivity index (χ1v) is 27.6. The van der Waals surface area contributed by atoms with Gasteiger partial charge >= 0.3 is 6.09 Å². The Labute approximate surface area is 410 Å². The van der Waals surface area contributed by atoms with E-state index in [1.165, 1.54) is 12.0 Å². The Hall–Kier alpha value is -6.10. The molecule has 3 aliphatic rings. The summed E-state index contributed by atoms with van der Waals surface area (Å²) < 4.78 is 16.3. The van der Waals surface area contributed by atoms with Gasteiger partial charge in [0.05, 0.1) is 11.3 Å². The molecule has 3 amide bonds. The van der Waals surface area contributed by atoms with Crippen LogP contribution in [0.4, 0.5) is 16.2 Å². The standard InChI is InChI=1S/C56H71N7O5Si/c1-37-47(53(65)63(50-31-44(33-57)58(9)38(50)2)43-20-22-46(23-21-43)68-69(11,12)56(6,7)8)32-51(59(37)10)48-29-40-24-27-61(54(66)67-55(3,4)5)34-42(40)30-49(48)52(64)62-35-41-19-15-14-18-39(41)28-45(62)36-60-25-16-13-17-26-60/h14-15,18-23,29-32,45H,13,16-17,24-28,34-36H2,1-12H3/t45-/m0/s1. The minimum atomic E-state index is -2.15. The molecule has 0 aliphatic carbocycles. The molecule has 1 atom stereocenters. The lowest BCUT2D eigenvalue weighted by atomic mass is 9.89. The molecule has 0 N–H and O–H groups in total. The predicted molar refractivity (Wildman–Crippen MR) is 276 cm³/mol. The zero-order valence-corrected chi connectivity index (χ0v) is 44.0. The number of piperidine rings is 1. The van der Waals surface area contributed by atoms with Crippen molar-refractivity contribution in [1.29, 1.82) is 5.26 Å². The molecule has 0 spiro atoms. The Morgan fingerprint density at radius 2 is 1.46 bits per heavy atom. The van der Waals surface area contributed by atoms with E-state index in [1.54, 1.807) is 20.4 Å². The average Bonchev–Trinajstić information content (AvgIpc) is 3.76. The highest BCUT2D eigenvalue weighted by molar-refractivity contribution is 6.74. The van der Waals surface area contributed by atoms with Gasteiger partial charge in [-0.3, -0.25) is 14.5 Å². The largest absolute Gasteiger partial charge is 0.544 e. The van der Waals surface area contributed by atoms with Crippen LogP contribution < -0.4 is 9.33 Å². The number of nitrogens with zero attached hydrogens (tertiary/aromatic N) is 7. The van der Waals surface area contributed by atoms with Crippen molar-refractivity contribution in [2.75, 3.05) is 31.1 Å². The van der Waals surface area contributed by atoms with Crippen LogP contribution in [-0.4, -0.2) is 87.9 Å². The van der Waals surface area contributed by atoms with Crippen molar-refractivity contribution >= 4 is 37.6 Å². The number of hydrogen-bond donors (Lipinski definition) is 0. The maximum absolute atomic E-state index is 15.7. The number of carbonyl (C=O) groups is 3. The first-order chi connectivity index (χ1) is 32.5. The molecular weight excluding hydrogens is 879 g/mol. The van der Waals surface area contributed by atoms with Crippen molar-refractivity contribution in [3.05, 3.63) is 123 Å². The molecule has 3 aliphatic heterocycles. The molecule has 5 aromatic rings. The second-order valence-electron chi connectivity index (χ2n) is 22.0. The van der Waals surface area contributed by atoms with E-state index < -0.39 is 13.9 Å². The van der Waals surface area contributed by atoms with Crippen molar-refractivity contribution in [2.24, 2.45) is 14.1 Å². The monoisotopic (exact) mass is 950 g/mol. The summed E-state index contributed by atoms with van der Waals surface area (Å²) in [6.07, 6.45) is 4.51. The lowest BCUT2D eigenvalue weighted by Crippen LogP contribution is -2.51. The van der Waals surface area contributed by atoms with Crippen LogP contribution in [0, 0.1) is 25.2 Å². The Morgan fingerprint density at radius 1 is 0.783 bits per heavy atom. The van der Waals surface area contributed by atoms with Gasteiger partial charge in [-0.25, -0.2) is 4.79 Å². The number of aromatic nitrogens is 2. The van der Waals surface area contributed by atoms with E-state index in [0.717, 1.165) is 84.0 Å². The van der Waals surface area contributed by atoms with E-state index in [-0.39, 0.29) is 29.0 Å². The maximum atomic E-state index is 15.7. The summed E-state index contributed by atoms with van der Waals surface area (Å²) in [4.78, 5) is 52.7. The van der Waals surface area contributed by atoms with Gasteiger partial charge in [-0.15, -0.1) is 0 Å². The number of hydrogen-bond acceptors (Lipinski definition) is 7. The molecule has 3 aromatic carbocycles. The molecule has 0 saturated carbocycles. The van der Waals surface area contributed by atoms with Crippen LogP contribution in [-0.2, 0) is 44.8 Å². The van der Waals surface area contributed by atoms with E-state index >= 15 is 9.59 Å². The highest BCUT2D eigenvalue weighted by atomic mass is 28.4. The summed E-state index contributed by atoms with van der Waals surface area (Å²) in [5.74, 6) is 0.405. The molecule has 0 unspecified atom stereocenters. The number of anilines is 2. The summed E-state index contributed by atoms with van der Waals surface area (Å²) in [6.45, 7) is 24.6. The van der Waals surface area contributed by atoms with Gasteiger partial charge in [0.25, 0.3) is 11.8 Å². The van der Waals surface area contributed by atoms with Crippen molar-refractivity contribution < 1.29 is 23.5 Å². The lowest BCUT2D eigenvalue weighted by Gasteiger charge is -2.41. The summed E-state index contributed by atoms with van der Waals surface area (Å²) in [5, 5.41) is 10.1. The SMILES string of the molecule is Cc1c(N(C(=O)c2cc(-c3cc4c(cc3C(=O)N3Cc5ccccc5C[C@H]3CN3CCCCC3)CN(C(=O)OC(C)(C)C)CC4)n(C)c2C)c2ccc(O[Si](C)(C)C(C)(C)C)cc2)cc(C#N)n1C. The summed E-state index contributed by atoms with van der Waals surface area (Å²) in [5.41, 5.74) is 9.39. The van der Waals surface area contributed by atoms with E-state index in [1.807, 2.05) is 95.7 Å². The van der Waals surface area contributed by atoms with Crippen molar-refractivity contribution in [3.8, 4) is 23.1 Å². The molecule has 364 valence electrons. The second kappa shape index (κ2) is 19.0. The number of likely N-dealkylation sites (tertiary alicyclic amines) is 1. The summed E-state index contributed by atoms with van der Waals surface area (Å²) in [6, 6.07) is 26.2. The number of carbonyl (C=O) groups excluding carboxylic acids is 3. The van der Waals surface area contributed by atoms with Crippen LogP contribution in [0.2, 0.25) is 18.1 Å². The van der Waals surface area contributed by atoms with Crippen LogP contribution in [0.1, 0.15) is 121 Å². The number of nitriles is 1. The molecular formula is C56H71N7O5Si. The first kappa shape index (κ1) is 49.3. The fourth-order valence-corrected chi connectivity index (χ4v) is 10.9. The van der Waals surface area contributed by atoms with E-state index in [4.69, 9.17) is 9.16 Å². The minimum absolute atomic E-state index is 0.00200. The van der Waals surface area contributed by atoms with Gasteiger partial charge in [-0.05, 0) is 162 Å². The Morgan fingerprint density at radius 3 is 2.10 bits per heavy atom. The van der Waals surface area contributed by atoms with Gasteiger partial charge in [-0.1, -0.05) is 51.5 Å². The van der Waals surface area contributed by atoms with Gasteiger partial charge < -0.3 is 33.0 Å². The molecule has 5 heterocycles. The zero-order valence-electron chi connectivity index (χ0n) is 43.0. The highest BCUT2D eigenvalue weighted by Gasteiger charge is 2.40. The Bertz CT molecular complexity index is 2810. The number of amides is 3. The molecule has 1 fully saturated rings. The highest BCUT2D eigenvalue weighted by Crippen LogP contribution is 2.41. The van der Waals surface area contributed by atoms with Crippen LogP contribution in [0.15, 0.2) is 72.8 Å². The van der Waals surface area contributed by atoms with Gasteiger partial charge in [0.1, 0.15) is 23.1 Å². The Kier molecular flexibility index (Phi) is 13.6. The van der Waals surface area contributed by atoms with E-state index in [0.29, 0.717) is 54.3 Å². The Balaban J connectivity index is 1.23. The molecule has 2 aromatic heterocycles. The van der Waals surface area contributed by atoms with Crippen molar-refractivity contribution in [3.63, 3.8) is 0 Å². The predicted octanol–water partition coefficient (Wildman–Crippen LogP) is 11.2. The molecule has 69 heavy (non-hydrogen) atoms. The third-order valence-corrected chi connectivity index (χ3v) is 19.5.